The molecule has 0 radical (unpaired) electrons. The lowest BCUT2D eigenvalue weighted by Crippen LogP contribution is -2.67. The minimum absolute atomic E-state index is 0.00384. The van der Waals surface area contributed by atoms with Gasteiger partial charge in [0.25, 0.3) is 8.32 Å². The highest BCUT2D eigenvalue weighted by molar-refractivity contribution is 7.78. The average Bonchev–Trinajstić information content (AvgIpc) is 2.56. The van der Waals surface area contributed by atoms with Crippen molar-refractivity contribution in [2.24, 2.45) is 4.99 Å². The maximum atomic E-state index is 6.74. The van der Waals surface area contributed by atoms with E-state index in [0.29, 0.717) is 6.61 Å². The van der Waals surface area contributed by atoms with Crippen molar-refractivity contribution in [2.75, 3.05) is 6.61 Å². The molecule has 4 heteroatoms. The van der Waals surface area contributed by atoms with Gasteiger partial charge in [-0.2, -0.15) is 0 Å². The topological polar surface area (TPSA) is 21.6 Å². The Hall–Kier alpha value is -1.58. The fraction of sp³-hybridized carbons (Fsp3) is 0.350. The van der Waals surface area contributed by atoms with Crippen LogP contribution in [0.3, 0.4) is 0 Å². The molecule has 0 heterocycles. The van der Waals surface area contributed by atoms with Gasteiger partial charge < -0.3 is 4.43 Å². The smallest absolute Gasteiger partial charge is 0.261 e. The molecule has 0 aliphatic rings. The Labute approximate surface area is 151 Å². The van der Waals surface area contributed by atoms with Crippen LogP contribution in [0.4, 0.5) is 0 Å². The van der Waals surface area contributed by atoms with Crippen LogP contribution in [0.25, 0.3) is 0 Å². The Balaban J connectivity index is 2.59. The minimum atomic E-state index is -2.46. The largest absolute Gasteiger partial charge is 0.405 e. The predicted octanol–water partition coefficient (Wildman–Crippen LogP) is 4.05. The van der Waals surface area contributed by atoms with Crippen LogP contribution in [0.5, 0.6) is 0 Å². The van der Waals surface area contributed by atoms with Gasteiger partial charge in [-0.1, -0.05) is 81.4 Å². The van der Waals surface area contributed by atoms with E-state index in [1.54, 1.807) is 0 Å². The summed E-state index contributed by atoms with van der Waals surface area (Å²) < 4.78 is 6.74. The standard InChI is InChI=1S/C20H25NOSSi/c1-17(21-16-23)15-22-24(20(2,3)4,18-11-7-5-8-12-18)19-13-9-6-10-14-19/h5-14,17H,15H2,1-4H3. The molecule has 0 saturated heterocycles. The van der Waals surface area contributed by atoms with Crippen LogP contribution in [-0.4, -0.2) is 26.1 Å². The van der Waals surface area contributed by atoms with Gasteiger partial charge in [0.1, 0.15) is 0 Å². The molecule has 0 amide bonds. The lowest BCUT2D eigenvalue weighted by Gasteiger charge is -2.43. The minimum Gasteiger partial charge on any atom is -0.405 e. The molecule has 2 rings (SSSR count). The van der Waals surface area contributed by atoms with Crippen LogP contribution in [-0.2, 0) is 4.43 Å². The molecule has 2 aromatic carbocycles. The Morgan fingerprint density at radius 3 is 1.83 bits per heavy atom. The number of isothiocyanates is 1. The molecular formula is C20H25NOSSi. The van der Waals surface area contributed by atoms with Crippen molar-refractivity contribution in [1.29, 1.82) is 0 Å². The van der Waals surface area contributed by atoms with Crippen molar-refractivity contribution in [1.82, 2.24) is 0 Å². The first-order chi connectivity index (χ1) is 11.4. The van der Waals surface area contributed by atoms with Gasteiger partial charge in [-0.05, 0) is 34.6 Å². The lowest BCUT2D eigenvalue weighted by atomic mass is 10.2. The van der Waals surface area contributed by atoms with E-state index in [4.69, 9.17) is 16.6 Å². The molecule has 2 aromatic rings. The van der Waals surface area contributed by atoms with Gasteiger partial charge in [-0.25, -0.2) is 4.99 Å². The zero-order valence-corrected chi connectivity index (χ0v) is 16.6. The highest BCUT2D eigenvalue weighted by atomic mass is 32.1. The van der Waals surface area contributed by atoms with Crippen molar-refractivity contribution in [3.63, 3.8) is 0 Å². The summed E-state index contributed by atoms with van der Waals surface area (Å²) in [5, 5.41) is 5.01. The van der Waals surface area contributed by atoms with Crippen molar-refractivity contribution >= 4 is 36.1 Å². The van der Waals surface area contributed by atoms with Crippen LogP contribution in [0.2, 0.25) is 5.04 Å². The summed E-state index contributed by atoms with van der Waals surface area (Å²) in [6.07, 6.45) is 0. The molecule has 1 atom stereocenters. The second-order valence-electron chi connectivity index (χ2n) is 7.04. The summed E-state index contributed by atoms with van der Waals surface area (Å²) in [7, 11) is -2.46. The highest BCUT2D eigenvalue weighted by Gasteiger charge is 2.50. The molecule has 0 saturated carbocycles. The van der Waals surface area contributed by atoms with Gasteiger partial charge in [0, 0.05) is 0 Å². The van der Waals surface area contributed by atoms with Gasteiger partial charge in [0.2, 0.25) is 0 Å². The van der Waals surface area contributed by atoms with E-state index in [9.17, 15) is 0 Å². The number of hydrogen-bond donors (Lipinski definition) is 0. The third kappa shape index (κ3) is 3.90. The average molecular weight is 356 g/mol. The molecule has 0 N–H and O–H groups in total. The lowest BCUT2D eigenvalue weighted by molar-refractivity contribution is 0.280. The van der Waals surface area contributed by atoms with Gasteiger partial charge in [-0.3, -0.25) is 0 Å². The number of rotatable bonds is 6. The Morgan fingerprint density at radius 1 is 1.00 bits per heavy atom. The second kappa shape index (κ2) is 7.99. The van der Waals surface area contributed by atoms with Gasteiger partial charge in [0.15, 0.2) is 0 Å². The van der Waals surface area contributed by atoms with Crippen LogP contribution >= 0.6 is 12.2 Å². The molecule has 0 aliphatic carbocycles. The second-order valence-corrected chi connectivity index (χ2v) is 11.5. The number of thiocarbonyl (C=S) groups is 1. The molecule has 0 aliphatic heterocycles. The van der Waals surface area contributed by atoms with Crippen molar-refractivity contribution < 1.29 is 4.43 Å². The molecule has 24 heavy (non-hydrogen) atoms. The summed E-state index contributed by atoms with van der Waals surface area (Å²) >= 11 is 4.74. The Morgan fingerprint density at radius 2 is 1.46 bits per heavy atom. The predicted molar refractivity (Wildman–Crippen MR) is 108 cm³/mol. The van der Waals surface area contributed by atoms with E-state index in [-0.39, 0.29) is 11.1 Å². The summed E-state index contributed by atoms with van der Waals surface area (Å²) in [5.41, 5.74) is 0. The maximum absolute atomic E-state index is 6.74. The van der Waals surface area contributed by atoms with Gasteiger partial charge >= 0.3 is 0 Å². The fourth-order valence-corrected chi connectivity index (χ4v) is 7.96. The molecule has 0 fully saturated rings. The van der Waals surface area contributed by atoms with E-state index in [2.05, 4.69) is 91.6 Å². The van der Waals surface area contributed by atoms with Gasteiger partial charge in [-0.15, -0.1) is 0 Å². The first-order valence-corrected chi connectivity index (χ1v) is 10.6. The molecule has 2 nitrogen and oxygen atoms in total. The zero-order valence-electron chi connectivity index (χ0n) is 14.8. The highest BCUT2D eigenvalue weighted by Crippen LogP contribution is 2.36. The normalized spacial score (nSPS) is 13.2. The molecule has 126 valence electrons. The first kappa shape index (κ1) is 18.8. The van der Waals surface area contributed by atoms with Crippen molar-refractivity contribution in [3.05, 3.63) is 60.7 Å². The van der Waals surface area contributed by atoms with Gasteiger partial charge in [0.05, 0.1) is 17.8 Å². The third-order valence-electron chi connectivity index (χ3n) is 4.23. The van der Waals surface area contributed by atoms with E-state index in [1.165, 1.54) is 10.4 Å². The van der Waals surface area contributed by atoms with E-state index in [1.807, 2.05) is 6.92 Å². The number of nitrogens with zero attached hydrogens (tertiary/aromatic N) is 1. The van der Waals surface area contributed by atoms with E-state index >= 15 is 0 Å². The summed E-state index contributed by atoms with van der Waals surface area (Å²) in [6.45, 7) is 9.36. The van der Waals surface area contributed by atoms with Crippen LogP contribution < -0.4 is 10.4 Å². The van der Waals surface area contributed by atoms with E-state index in [0.717, 1.165) is 0 Å². The van der Waals surface area contributed by atoms with Crippen molar-refractivity contribution in [3.8, 4) is 0 Å². The third-order valence-corrected chi connectivity index (χ3v) is 9.34. The van der Waals surface area contributed by atoms with Crippen LogP contribution in [0.15, 0.2) is 65.7 Å². The van der Waals surface area contributed by atoms with Crippen LogP contribution in [0, 0.1) is 0 Å². The monoisotopic (exact) mass is 355 g/mol. The molecular weight excluding hydrogens is 330 g/mol. The summed E-state index contributed by atoms with van der Waals surface area (Å²) in [6, 6.07) is 21.2. The summed E-state index contributed by atoms with van der Waals surface area (Å²) in [5.74, 6) is 0. The maximum Gasteiger partial charge on any atom is 0.261 e. The number of hydrogen-bond acceptors (Lipinski definition) is 3. The molecule has 0 bridgehead atoms. The molecule has 0 spiro atoms. The van der Waals surface area contributed by atoms with Crippen molar-refractivity contribution in [2.45, 2.75) is 38.8 Å². The number of aliphatic imine (C=N–C) groups is 1. The fourth-order valence-electron chi connectivity index (χ4n) is 3.13. The SMILES string of the molecule is CC(CO[Si](c1ccccc1)(c1ccccc1)C(C)(C)C)N=C=S. The number of benzene rings is 2. The zero-order chi connectivity index (χ0) is 17.6. The Bertz CT molecular complexity index is 651. The Kier molecular flexibility index (Phi) is 6.25. The molecule has 0 aromatic heterocycles. The molecule has 1 unspecified atom stereocenters. The van der Waals surface area contributed by atoms with Crippen LogP contribution in [0.1, 0.15) is 27.7 Å². The first-order valence-electron chi connectivity index (χ1n) is 8.24. The summed E-state index contributed by atoms with van der Waals surface area (Å²) in [4.78, 5) is 4.16. The van der Waals surface area contributed by atoms with E-state index < -0.39 is 8.32 Å². The quantitative estimate of drug-likeness (QED) is 0.443.